The Morgan fingerprint density at radius 2 is 2.00 bits per heavy atom. The molecule has 0 saturated heterocycles. The van der Waals surface area contributed by atoms with E-state index in [1.807, 2.05) is 30.4 Å². The minimum absolute atomic E-state index is 0.187. The molecule has 0 heterocycles. The number of hydrogen-bond acceptors (Lipinski definition) is 2. The standard InChI is InChI=1S/C15H18OS/c1-3-8-13(4-2)15(17-12-11-16)14-9-6-5-7-10-14/h3-10,15-16H,1-2,11-12H2/b13-8+. The Hall–Kier alpha value is -1.25. The van der Waals surface area contributed by atoms with Crippen LogP contribution in [0.4, 0.5) is 0 Å². The first-order valence-corrected chi connectivity index (χ1v) is 6.60. The van der Waals surface area contributed by atoms with Gasteiger partial charge in [0.1, 0.15) is 0 Å². The fraction of sp³-hybridized carbons (Fsp3) is 0.200. The molecule has 0 aliphatic heterocycles. The third-order valence-electron chi connectivity index (χ3n) is 2.33. The van der Waals surface area contributed by atoms with E-state index in [2.05, 4.69) is 25.3 Å². The summed E-state index contributed by atoms with van der Waals surface area (Å²) < 4.78 is 0. The van der Waals surface area contributed by atoms with Gasteiger partial charge in [-0.3, -0.25) is 0 Å². The van der Waals surface area contributed by atoms with E-state index in [9.17, 15) is 0 Å². The number of benzene rings is 1. The van der Waals surface area contributed by atoms with Crippen LogP contribution in [0.25, 0.3) is 0 Å². The maximum atomic E-state index is 8.96. The maximum absolute atomic E-state index is 8.96. The van der Waals surface area contributed by atoms with Crippen LogP contribution in [-0.4, -0.2) is 17.5 Å². The summed E-state index contributed by atoms with van der Waals surface area (Å²) in [6.07, 6.45) is 5.59. The van der Waals surface area contributed by atoms with Gasteiger partial charge >= 0.3 is 0 Å². The molecule has 17 heavy (non-hydrogen) atoms. The minimum Gasteiger partial charge on any atom is -0.396 e. The van der Waals surface area contributed by atoms with E-state index in [0.29, 0.717) is 5.75 Å². The first-order chi connectivity index (χ1) is 8.33. The van der Waals surface area contributed by atoms with E-state index >= 15 is 0 Å². The van der Waals surface area contributed by atoms with Crippen molar-refractivity contribution in [1.29, 1.82) is 0 Å². The Morgan fingerprint density at radius 1 is 1.29 bits per heavy atom. The second kappa shape index (κ2) is 7.93. The summed E-state index contributed by atoms with van der Waals surface area (Å²) in [5, 5.41) is 9.17. The Morgan fingerprint density at radius 3 is 2.53 bits per heavy atom. The van der Waals surface area contributed by atoms with Gasteiger partial charge in [0.05, 0.1) is 11.9 Å². The summed E-state index contributed by atoms with van der Waals surface area (Å²) >= 11 is 1.71. The van der Waals surface area contributed by atoms with E-state index in [4.69, 9.17) is 5.11 Å². The molecular weight excluding hydrogens is 228 g/mol. The molecule has 1 atom stereocenters. The fourth-order valence-corrected chi connectivity index (χ4v) is 2.64. The summed E-state index contributed by atoms with van der Waals surface area (Å²) in [4.78, 5) is 0. The van der Waals surface area contributed by atoms with Gasteiger partial charge in [0.15, 0.2) is 0 Å². The number of aliphatic hydroxyl groups is 1. The van der Waals surface area contributed by atoms with E-state index in [1.165, 1.54) is 5.56 Å². The Kier molecular flexibility index (Phi) is 6.45. The first-order valence-electron chi connectivity index (χ1n) is 5.56. The van der Waals surface area contributed by atoms with Crippen molar-refractivity contribution < 1.29 is 5.11 Å². The van der Waals surface area contributed by atoms with E-state index in [0.717, 1.165) is 5.57 Å². The van der Waals surface area contributed by atoms with Gasteiger partial charge < -0.3 is 5.11 Å². The van der Waals surface area contributed by atoms with Crippen molar-refractivity contribution >= 4 is 11.8 Å². The molecule has 1 N–H and O–H groups in total. The normalized spacial score (nSPS) is 13.1. The number of hydrogen-bond donors (Lipinski definition) is 1. The molecule has 0 fully saturated rings. The lowest BCUT2D eigenvalue weighted by atomic mass is 10.0. The molecular formula is C15H18OS. The average molecular weight is 246 g/mol. The Labute approximate surface area is 108 Å². The quantitative estimate of drug-likeness (QED) is 0.739. The van der Waals surface area contributed by atoms with Gasteiger partial charge in [-0.1, -0.05) is 61.7 Å². The predicted octanol–water partition coefficient (Wildman–Crippen LogP) is 3.75. The zero-order valence-electron chi connectivity index (χ0n) is 9.88. The highest BCUT2D eigenvalue weighted by Gasteiger charge is 2.14. The highest BCUT2D eigenvalue weighted by molar-refractivity contribution is 7.99. The lowest BCUT2D eigenvalue weighted by molar-refractivity contribution is 0.322. The predicted molar refractivity (Wildman–Crippen MR) is 77.2 cm³/mol. The van der Waals surface area contributed by atoms with E-state index in [-0.39, 0.29) is 11.9 Å². The molecule has 0 radical (unpaired) electrons. The molecule has 1 rings (SSSR count). The van der Waals surface area contributed by atoms with Crippen LogP contribution < -0.4 is 0 Å². The molecule has 0 amide bonds. The van der Waals surface area contributed by atoms with Gasteiger partial charge in [-0.25, -0.2) is 0 Å². The molecule has 0 saturated carbocycles. The molecule has 0 aliphatic rings. The van der Waals surface area contributed by atoms with Gasteiger partial charge in [-0.05, 0) is 11.1 Å². The van der Waals surface area contributed by atoms with Crippen molar-refractivity contribution in [3.05, 3.63) is 72.9 Å². The molecule has 1 unspecified atom stereocenters. The van der Waals surface area contributed by atoms with Crippen molar-refractivity contribution in [2.45, 2.75) is 5.25 Å². The molecule has 2 heteroatoms. The summed E-state index contributed by atoms with van der Waals surface area (Å²) in [5.74, 6) is 0.710. The minimum atomic E-state index is 0.187. The topological polar surface area (TPSA) is 20.2 Å². The van der Waals surface area contributed by atoms with Gasteiger partial charge in [0.2, 0.25) is 0 Å². The van der Waals surface area contributed by atoms with Crippen molar-refractivity contribution in [3.8, 4) is 0 Å². The van der Waals surface area contributed by atoms with Crippen LogP contribution in [0, 0.1) is 0 Å². The second-order valence-electron chi connectivity index (χ2n) is 3.49. The van der Waals surface area contributed by atoms with Crippen LogP contribution in [0.2, 0.25) is 0 Å². The number of thioether (sulfide) groups is 1. The monoisotopic (exact) mass is 246 g/mol. The van der Waals surface area contributed by atoms with Crippen molar-refractivity contribution in [2.24, 2.45) is 0 Å². The fourth-order valence-electron chi connectivity index (χ4n) is 1.58. The highest BCUT2D eigenvalue weighted by Crippen LogP contribution is 2.35. The van der Waals surface area contributed by atoms with Crippen LogP contribution >= 0.6 is 11.8 Å². The van der Waals surface area contributed by atoms with Crippen LogP contribution in [0.3, 0.4) is 0 Å². The summed E-state index contributed by atoms with van der Waals surface area (Å²) in [6.45, 7) is 7.75. The van der Waals surface area contributed by atoms with E-state index in [1.54, 1.807) is 17.8 Å². The molecule has 1 aromatic carbocycles. The molecule has 90 valence electrons. The lowest BCUT2D eigenvalue weighted by Gasteiger charge is -2.17. The van der Waals surface area contributed by atoms with Crippen LogP contribution in [0.1, 0.15) is 10.8 Å². The Bertz CT molecular complexity index is 381. The summed E-state index contributed by atoms with van der Waals surface area (Å²) in [5.41, 5.74) is 2.34. The largest absolute Gasteiger partial charge is 0.396 e. The number of aliphatic hydroxyl groups excluding tert-OH is 1. The van der Waals surface area contributed by atoms with Crippen molar-refractivity contribution in [1.82, 2.24) is 0 Å². The third kappa shape index (κ3) is 4.25. The number of rotatable bonds is 7. The summed E-state index contributed by atoms with van der Waals surface area (Å²) in [6, 6.07) is 10.2. The highest BCUT2D eigenvalue weighted by atomic mass is 32.2. The van der Waals surface area contributed by atoms with Crippen LogP contribution in [0.15, 0.2) is 67.3 Å². The molecule has 0 spiro atoms. The van der Waals surface area contributed by atoms with Gasteiger partial charge in [0, 0.05) is 5.75 Å². The Balaban J connectivity index is 2.98. The molecule has 0 bridgehead atoms. The third-order valence-corrected chi connectivity index (χ3v) is 3.62. The first kappa shape index (κ1) is 13.8. The SMILES string of the molecule is C=C/C=C(\C=C)C(SCCO)c1ccccc1. The van der Waals surface area contributed by atoms with Crippen LogP contribution in [-0.2, 0) is 0 Å². The van der Waals surface area contributed by atoms with Gasteiger partial charge in [-0.2, -0.15) is 0 Å². The molecule has 1 aromatic rings. The second-order valence-corrected chi connectivity index (χ2v) is 4.70. The smallest absolute Gasteiger partial charge is 0.0547 e. The van der Waals surface area contributed by atoms with E-state index < -0.39 is 0 Å². The zero-order chi connectivity index (χ0) is 12.5. The van der Waals surface area contributed by atoms with Gasteiger partial charge in [0.25, 0.3) is 0 Å². The zero-order valence-corrected chi connectivity index (χ0v) is 10.7. The van der Waals surface area contributed by atoms with Crippen LogP contribution in [0.5, 0.6) is 0 Å². The molecule has 0 aromatic heterocycles. The maximum Gasteiger partial charge on any atom is 0.0547 e. The molecule has 1 nitrogen and oxygen atoms in total. The average Bonchev–Trinajstić information content (AvgIpc) is 2.39. The number of allylic oxidation sites excluding steroid dienone is 3. The van der Waals surface area contributed by atoms with Crippen molar-refractivity contribution in [3.63, 3.8) is 0 Å². The van der Waals surface area contributed by atoms with Gasteiger partial charge in [-0.15, -0.1) is 11.8 Å². The van der Waals surface area contributed by atoms with Crippen molar-refractivity contribution in [2.75, 3.05) is 12.4 Å². The lowest BCUT2D eigenvalue weighted by Crippen LogP contribution is -1.99. The summed E-state index contributed by atoms with van der Waals surface area (Å²) in [7, 11) is 0. The molecule has 0 aliphatic carbocycles.